The van der Waals surface area contributed by atoms with Crippen LogP contribution in [0.4, 0.5) is 4.39 Å². The number of nitrogens with zero attached hydrogens (tertiary/aromatic N) is 2. The third-order valence-corrected chi connectivity index (χ3v) is 2.45. The van der Waals surface area contributed by atoms with Crippen LogP contribution in [-0.2, 0) is 11.2 Å². The van der Waals surface area contributed by atoms with E-state index in [-0.39, 0.29) is 18.0 Å². The first-order valence-electron chi connectivity index (χ1n) is 5.79. The third-order valence-electron chi connectivity index (χ3n) is 2.45. The Morgan fingerprint density at radius 1 is 1.33 bits per heavy atom. The van der Waals surface area contributed by atoms with Crippen molar-refractivity contribution in [2.75, 3.05) is 0 Å². The highest BCUT2D eigenvalue weighted by atomic mass is 19.1. The molecule has 1 aromatic heterocycles. The summed E-state index contributed by atoms with van der Waals surface area (Å²) in [6.07, 6.45) is 1.47. The largest absolute Gasteiger partial charge is 0.339 e. The zero-order valence-electron chi connectivity index (χ0n) is 10.0. The smallest absolute Gasteiger partial charge is 0.234 e. The fourth-order valence-electron chi connectivity index (χ4n) is 1.58. The van der Waals surface area contributed by atoms with E-state index >= 15 is 0 Å². The standard InChI is InChI=1S/C13H13FN2O2/c1-2-3-11(17)8-12-15-13(16-18-12)9-4-6-10(14)7-5-9/h4-7H,2-3,8H2,1H3. The van der Waals surface area contributed by atoms with E-state index < -0.39 is 0 Å². The molecule has 18 heavy (non-hydrogen) atoms. The fraction of sp³-hybridized carbons (Fsp3) is 0.308. The number of Topliss-reactive ketones (excluding diaryl/α,β-unsaturated/α-hetero) is 1. The van der Waals surface area contributed by atoms with Gasteiger partial charge in [-0.05, 0) is 30.7 Å². The number of halogens is 1. The molecular formula is C13H13FN2O2. The molecule has 0 radical (unpaired) electrons. The fourth-order valence-corrected chi connectivity index (χ4v) is 1.58. The molecule has 0 bridgehead atoms. The van der Waals surface area contributed by atoms with Crippen molar-refractivity contribution in [2.24, 2.45) is 0 Å². The number of aromatic nitrogens is 2. The zero-order chi connectivity index (χ0) is 13.0. The van der Waals surface area contributed by atoms with Crippen LogP contribution < -0.4 is 0 Å². The monoisotopic (exact) mass is 248 g/mol. The molecule has 0 fully saturated rings. The maximum atomic E-state index is 12.8. The van der Waals surface area contributed by atoms with Crippen molar-refractivity contribution in [3.63, 3.8) is 0 Å². The maximum Gasteiger partial charge on any atom is 0.234 e. The van der Waals surface area contributed by atoms with Crippen LogP contribution in [0.5, 0.6) is 0 Å². The molecule has 0 aliphatic rings. The van der Waals surface area contributed by atoms with E-state index in [1.165, 1.54) is 12.1 Å². The van der Waals surface area contributed by atoms with Gasteiger partial charge in [0.2, 0.25) is 11.7 Å². The summed E-state index contributed by atoms with van der Waals surface area (Å²) in [6, 6.07) is 5.79. The van der Waals surface area contributed by atoms with Crippen molar-refractivity contribution >= 4 is 5.78 Å². The normalized spacial score (nSPS) is 10.6. The van der Waals surface area contributed by atoms with Gasteiger partial charge in [0, 0.05) is 12.0 Å². The molecule has 1 aromatic carbocycles. The SMILES string of the molecule is CCCC(=O)Cc1nc(-c2ccc(F)cc2)no1. The molecule has 0 saturated carbocycles. The van der Waals surface area contributed by atoms with Gasteiger partial charge >= 0.3 is 0 Å². The Kier molecular flexibility index (Phi) is 3.82. The van der Waals surface area contributed by atoms with Crippen LogP contribution in [0.15, 0.2) is 28.8 Å². The van der Waals surface area contributed by atoms with Crippen LogP contribution in [-0.4, -0.2) is 15.9 Å². The summed E-state index contributed by atoms with van der Waals surface area (Å²) in [4.78, 5) is 15.5. The molecule has 0 aliphatic heterocycles. The Hall–Kier alpha value is -2.04. The summed E-state index contributed by atoms with van der Waals surface area (Å²) < 4.78 is 17.7. The highest BCUT2D eigenvalue weighted by molar-refractivity contribution is 5.79. The van der Waals surface area contributed by atoms with E-state index in [0.29, 0.717) is 23.7 Å². The lowest BCUT2D eigenvalue weighted by atomic mass is 10.2. The van der Waals surface area contributed by atoms with Crippen molar-refractivity contribution in [2.45, 2.75) is 26.2 Å². The number of rotatable bonds is 5. The quantitative estimate of drug-likeness (QED) is 0.816. The summed E-state index contributed by atoms with van der Waals surface area (Å²) in [7, 11) is 0. The molecule has 0 unspecified atom stereocenters. The zero-order valence-corrected chi connectivity index (χ0v) is 10.0. The highest BCUT2D eigenvalue weighted by Gasteiger charge is 2.11. The van der Waals surface area contributed by atoms with Gasteiger partial charge in [-0.1, -0.05) is 12.1 Å². The van der Waals surface area contributed by atoms with Crippen LogP contribution in [0.1, 0.15) is 25.7 Å². The van der Waals surface area contributed by atoms with Gasteiger partial charge in [0.25, 0.3) is 0 Å². The lowest BCUT2D eigenvalue weighted by Gasteiger charge is -1.93. The molecule has 0 aliphatic carbocycles. The molecule has 1 heterocycles. The summed E-state index contributed by atoms with van der Waals surface area (Å²) in [5.74, 6) is 0.425. The Labute approximate surface area is 104 Å². The molecule has 0 saturated heterocycles. The minimum atomic E-state index is -0.319. The molecule has 5 heteroatoms. The lowest BCUT2D eigenvalue weighted by molar-refractivity contribution is -0.118. The molecule has 0 N–H and O–H groups in total. The summed E-state index contributed by atoms with van der Waals surface area (Å²) in [6.45, 7) is 1.94. The number of carbonyl (C=O) groups excluding carboxylic acids is 1. The van der Waals surface area contributed by atoms with Gasteiger partial charge in [0.15, 0.2) is 0 Å². The molecule has 0 amide bonds. The number of hydrogen-bond acceptors (Lipinski definition) is 4. The average Bonchev–Trinajstić information content (AvgIpc) is 2.78. The van der Waals surface area contributed by atoms with Gasteiger partial charge in [0.05, 0.1) is 6.42 Å². The number of hydrogen-bond donors (Lipinski definition) is 0. The second-order valence-electron chi connectivity index (χ2n) is 3.98. The van der Waals surface area contributed by atoms with E-state index in [2.05, 4.69) is 10.1 Å². The van der Waals surface area contributed by atoms with Gasteiger partial charge < -0.3 is 4.52 Å². The van der Waals surface area contributed by atoms with Crippen molar-refractivity contribution in [3.05, 3.63) is 36.0 Å². The van der Waals surface area contributed by atoms with E-state index in [9.17, 15) is 9.18 Å². The minimum absolute atomic E-state index is 0.0757. The molecule has 2 rings (SSSR count). The maximum absolute atomic E-state index is 12.8. The third kappa shape index (κ3) is 3.00. The Morgan fingerprint density at radius 2 is 2.06 bits per heavy atom. The average molecular weight is 248 g/mol. The number of carbonyl (C=O) groups is 1. The molecule has 4 nitrogen and oxygen atoms in total. The van der Waals surface area contributed by atoms with Crippen molar-refractivity contribution in [1.29, 1.82) is 0 Å². The van der Waals surface area contributed by atoms with Crippen molar-refractivity contribution in [1.82, 2.24) is 10.1 Å². The number of ketones is 1. The second-order valence-corrected chi connectivity index (χ2v) is 3.98. The van der Waals surface area contributed by atoms with Gasteiger partial charge in [0.1, 0.15) is 11.6 Å². The van der Waals surface area contributed by atoms with Crippen LogP contribution in [0.3, 0.4) is 0 Å². The van der Waals surface area contributed by atoms with Gasteiger partial charge in [-0.2, -0.15) is 4.98 Å². The molecule has 94 valence electrons. The van der Waals surface area contributed by atoms with Crippen LogP contribution in [0, 0.1) is 5.82 Å². The van der Waals surface area contributed by atoms with Crippen molar-refractivity contribution in [3.8, 4) is 11.4 Å². The minimum Gasteiger partial charge on any atom is -0.339 e. The molecule has 0 spiro atoms. The second kappa shape index (κ2) is 5.53. The predicted molar refractivity (Wildman–Crippen MR) is 63.3 cm³/mol. The molecule has 2 aromatic rings. The predicted octanol–water partition coefficient (Wildman–Crippen LogP) is 2.79. The summed E-state index contributed by atoms with van der Waals surface area (Å²) in [5, 5.41) is 3.77. The Morgan fingerprint density at radius 3 is 2.72 bits per heavy atom. The Balaban J connectivity index is 2.10. The molecular weight excluding hydrogens is 235 g/mol. The highest BCUT2D eigenvalue weighted by Crippen LogP contribution is 2.16. The lowest BCUT2D eigenvalue weighted by Crippen LogP contribution is -2.01. The first kappa shape index (κ1) is 12.4. The van der Waals surface area contributed by atoms with Crippen LogP contribution in [0.25, 0.3) is 11.4 Å². The van der Waals surface area contributed by atoms with E-state index in [1.807, 2.05) is 6.92 Å². The van der Waals surface area contributed by atoms with Crippen molar-refractivity contribution < 1.29 is 13.7 Å². The summed E-state index contributed by atoms with van der Waals surface area (Å²) in [5.41, 5.74) is 0.661. The van der Waals surface area contributed by atoms with Gasteiger partial charge in [-0.15, -0.1) is 0 Å². The van der Waals surface area contributed by atoms with Crippen LogP contribution >= 0.6 is 0 Å². The van der Waals surface area contributed by atoms with Gasteiger partial charge in [-0.3, -0.25) is 4.79 Å². The van der Waals surface area contributed by atoms with E-state index in [0.717, 1.165) is 6.42 Å². The van der Waals surface area contributed by atoms with Crippen LogP contribution in [0.2, 0.25) is 0 Å². The number of benzene rings is 1. The summed E-state index contributed by atoms with van der Waals surface area (Å²) >= 11 is 0. The van der Waals surface area contributed by atoms with E-state index in [4.69, 9.17) is 4.52 Å². The first-order valence-corrected chi connectivity index (χ1v) is 5.79. The van der Waals surface area contributed by atoms with E-state index in [1.54, 1.807) is 12.1 Å². The Bertz CT molecular complexity index is 534. The molecule has 0 atom stereocenters. The first-order chi connectivity index (χ1) is 8.69. The topological polar surface area (TPSA) is 56.0 Å². The van der Waals surface area contributed by atoms with Gasteiger partial charge in [-0.25, -0.2) is 4.39 Å².